The summed E-state index contributed by atoms with van der Waals surface area (Å²) in [7, 11) is 0. The van der Waals surface area contributed by atoms with E-state index >= 15 is 0 Å². The number of rotatable bonds is 4. The van der Waals surface area contributed by atoms with Gasteiger partial charge in [0.1, 0.15) is 5.82 Å². The van der Waals surface area contributed by atoms with Crippen molar-refractivity contribution >= 4 is 5.82 Å². The van der Waals surface area contributed by atoms with Crippen molar-refractivity contribution in [1.82, 2.24) is 9.88 Å². The Labute approximate surface area is 103 Å². The largest absolute Gasteiger partial charge is 0.370 e. The molecule has 1 saturated heterocycles. The van der Waals surface area contributed by atoms with E-state index in [1.807, 2.05) is 6.20 Å². The van der Waals surface area contributed by atoms with Crippen LogP contribution in [-0.2, 0) is 6.54 Å². The predicted molar refractivity (Wildman–Crippen MR) is 69.9 cm³/mol. The van der Waals surface area contributed by atoms with Gasteiger partial charge in [0.15, 0.2) is 0 Å². The van der Waals surface area contributed by atoms with Crippen LogP contribution in [0, 0.1) is 5.92 Å². The van der Waals surface area contributed by atoms with Gasteiger partial charge in [-0.1, -0.05) is 0 Å². The minimum absolute atomic E-state index is 0.857. The lowest BCUT2D eigenvalue weighted by Gasteiger charge is -2.26. The number of anilines is 1. The van der Waals surface area contributed by atoms with Crippen molar-refractivity contribution in [2.45, 2.75) is 38.8 Å². The number of hydrogen-bond acceptors (Lipinski definition) is 3. The molecule has 0 amide bonds. The molecule has 2 aliphatic rings. The maximum absolute atomic E-state index is 4.32. The molecule has 0 radical (unpaired) electrons. The standard InChI is InChI=1S/C14H21N3/c1-2-15-14-8-12(5-6-16-14)10-17-9-11-3-4-13(17)7-11/h5-6,8,11,13H,2-4,7,9-10H2,1H3,(H,15,16). The molecule has 1 aliphatic heterocycles. The SMILES string of the molecule is CCNc1cc(CN2CC3CCC2C3)ccn1. The minimum Gasteiger partial charge on any atom is -0.370 e. The first kappa shape index (κ1) is 11.0. The van der Waals surface area contributed by atoms with Crippen LogP contribution in [0.4, 0.5) is 5.82 Å². The lowest BCUT2D eigenvalue weighted by molar-refractivity contribution is 0.205. The molecule has 1 aromatic heterocycles. The van der Waals surface area contributed by atoms with Crippen LogP contribution in [-0.4, -0.2) is 29.0 Å². The van der Waals surface area contributed by atoms with Crippen molar-refractivity contribution in [3.05, 3.63) is 23.9 Å². The maximum Gasteiger partial charge on any atom is 0.126 e. The number of nitrogens with one attached hydrogen (secondary N) is 1. The third kappa shape index (κ3) is 2.29. The summed E-state index contributed by atoms with van der Waals surface area (Å²) < 4.78 is 0. The zero-order chi connectivity index (χ0) is 11.7. The molecule has 1 aliphatic carbocycles. The maximum atomic E-state index is 4.32. The Kier molecular flexibility index (Phi) is 3.02. The van der Waals surface area contributed by atoms with E-state index in [2.05, 4.69) is 34.3 Å². The van der Waals surface area contributed by atoms with Gasteiger partial charge in [-0.3, -0.25) is 4.90 Å². The number of nitrogens with zero attached hydrogens (tertiary/aromatic N) is 2. The fourth-order valence-electron chi connectivity index (χ4n) is 3.31. The summed E-state index contributed by atoms with van der Waals surface area (Å²) in [6.45, 7) is 5.45. The van der Waals surface area contributed by atoms with Crippen LogP contribution in [0.15, 0.2) is 18.3 Å². The second-order valence-electron chi connectivity index (χ2n) is 5.34. The van der Waals surface area contributed by atoms with E-state index in [0.717, 1.165) is 30.9 Å². The van der Waals surface area contributed by atoms with Crippen LogP contribution in [0.25, 0.3) is 0 Å². The molecule has 92 valence electrons. The van der Waals surface area contributed by atoms with Crippen LogP contribution in [0.5, 0.6) is 0 Å². The highest BCUT2D eigenvalue weighted by Crippen LogP contribution is 2.38. The van der Waals surface area contributed by atoms with Crippen molar-refractivity contribution in [3.8, 4) is 0 Å². The summed E-state index contributed by atoms with van der Waals surface area (Å²) >= 11 is 0. The van der Waals surface area contributed by atoms with Crippen molar-refractivity contribution in [2.75, 3.05) is 18.4 Å². The van der Waals surface area contributed by atoms with Crippen molar-refractivity contribution < 1.29 is 0 Å². The molecular formula is C14H21N3. The molecule has 3 heteroatoms. The topological polar surface area (TPSA) is 28.2 Å². The minimum atomic E-state index is 0.857. The van der Waals surface area contributed by atoms with Gasteiger partial charge in [0.05, 0.1) is 0 Å². The molecular weight excluding hydrogens is 210 g/mol. The van der Waals surface area contributed by atoms with Crippen molar-refractivity contribution in [3.63, 3.8) is 0 Å². The summed E-state index contributed by atoms with van der Waals surface area (Å²) in [5.74, 6) is 1.99. The predicted octanol–water partition coefficient (Wildman–Crippen LogP) is 2.50. The van der Waals surface area contributed by atoms with Crippen molar-refractivity contribution in [1.29, 1.82) is 0 Å². The van der Waals surface area contributed by atoms with Gasteiger partial charge in [-0.2, -0.15) is 0 Å². The van der Waals surface area contributed by atoms with Gasteiger partial charge in [-0.15, -0.1) is 0 Å². The number of aromatic nitrogens is 1. The number of pyridine rings is 1. The molecule has 1 aromatic rings. The Hall–Kier alpha value is -1.09. The zero-order valence-electron chi connectivity index (χ0n) is 10.5. The quantitative estimate of drug-likeness (QED) is 0.863. The molecule has 2 bridgehead atoms. The molecule has 2 unspecified atom stereocenters. The van der Waals surface area contributed by atoms with Gasteiger partial charge >= 0.3 is 0 Å². The first-order chi connectivity index (χ1) is 8.35. The molecule has 0 aromatic carbocycles. The summed E-state index contributed by atoms with van der Waals surface area (Å²) in [6, 6.07) is 5.19. The van der Waals surface area contributed by atoms with Crippen LogP contribution in [0.3, 0.4) is 0 Å². The Morgan fingerprint density at radius 1 is 1.47 bits per heavy atom. The summed E-state index contributed by atoms with van der Waals surface area (Å²) in [5, 5.41) is 3.28. The third-order valence-corrected chi connectivity index (χ3v) is 4.09. The average molecular weight is 231 g/mol. The van der Waals surface area contributed by atoms with Crippen LogP contribution < -0.4 is 5.32 Å². The summed E-state index contributed by atoms with van der Waals surface area (Å²) in [5.41, 5.74) is 1.39. The molecule has 3 rings (SSSR count). The lowest BCUT2D eigenvalue weighted by Crippen LogP contribution is -2.31. The van der Waals surface area contributed by atoms with E-state index in [1.54, 1.807) is 0 Å². The monoisotopic (exact) mass is 231 g/mol. The molecule has 0 spiro atoms. The molecule has 2 atom stereocenters. The number of likely N-dealkylation sites (tertiary alicyclic amines) is 1. The normalized spacial score (nSPS) is 27.6. The Bertz CT molecular complexity index is 391. The summed E-state index contributed by atoms with van der Waals surface area (Å²) in [4.78, 5) is 6.97. The zero-order valence-corrected chi connectivity index (χ0v) is 10.5. The van der Waals surface area contributed by atoms with Gasteiger partial charge in [-0.05, 0) is 49.8 Å². The number of hydrogen-bond donors (Lipinski definition) is 1. The second-order valence-corrected chi connectivity index (χ2v) is 5.34. The van der Waals surface area contributed by atoms with E-state index in [0.29, 0.717) is 0 Å². The van der Waals surface area contributed by atoms with E-state index in [-0.39, 0.29) is 0 Å². The number of fused-ring (bicyclic) bond motifs is 2. The Balaban J connectivity index is 1.66. The van der Waals surface area contributed by atoms with E-state index in [9.17, 15) is 0 Å². The van der Waals surface area contributed by atoms with Gasteiger partial charge in [0.2, 0.25) is 0 Å². The first-order valence-corrected chi connectivity index (χ1v) is 6.78. The van der Waals surface area contributed by atoms with Gasteiger partial charge in [0, 0.05) is 31.9 Å². The molecule has 17 heavy (non-hydrogen) atoms. The van der Waals surface area contributed by atoms with Crippen LogP contribution in [0.1, 0.15) is 31.7 Å². The van der Waals surface area contributed by atoms with Crippen molar-refractivity contribution in [2.24, 2.45) is 5.92 Å². The molecule has 3 nitrogen and oxygen atoms in total. The smallest absolute Gasteiger partial charge is 0.126 e. The summed E-state index contributed by atoms with van der Waals surface area (Å²) in [6.07, 6.45) is 6.22. The molecule has 2 fully saturated rings. The first-order valence-electron chi connectivity index (χ1n) is 6.78. The highest BCUT2D eigenvalue weighted by atomic mass is 15.2. The van der Waals surface area contributed by atoms with Gasteiger partial charge in [-0.25, -0.2) is 4.98 Å². The average Bonchev–Trinajstić information content (AvgIpc) is 2.92. The second kappa shape index (κ2) is 4.65. The highest BCUT2D eigenvalue weighted by molar-refractivity contribution is 5.37. The third-order valence-electron chi connectivity index (χ3n) is 4.09. The van der Waals surface area contributed by atoms with E-state index in [1.165, 1.54) is 31.4 Å². The molecule has 1 N–H and O–H groups in total. The van der Waals surface area contributed by atoms with Gasteiger partial charge < -0.3 is 5.32 Å². The molecule has 2 heterocycles. The number of piperidine rings is 1. The van der Waals surface area contributed by atoms with Gasteiger partial charge in [0.25, 0.3) is 0 Å². The van der Waals surface area contributed by atoms with E-state index in [4.69, 9.17) is 0 Å². The lowest BCUT2D eigenvalue weighted by atomic mass is 10.1. The highest BCUT2D eigenvalue weighted by Gasteiger charge is 2.37. The van der Waals surface area contributed by atoms with Crippen LogP contribution in [0.2, 0.25) is 0 Å². The Morgan fingerprint density at radius 2 is 2.41 bits per heavy atom. The van der Waals surface area contributed by atoms with E-state index < -0.39 is 0 Å². The Morgan fingerprint density at radius 3 is 3.12 bits per heavy atom. The fourth-order valence-corrected chi connectivity index (χ4v) is 3.31. The fraction of sp³-hybridized carbons (Fsp3) is 0.643. The van der Waals surface area contributed by atoms with Crippen LogP contribution >= 0.6 is 0 Å². The molecule has 1 saturated carbocycles.